The molecule has 0 radical (unpaired) electrons. The van der Waals surface area contributed by atoms with Crippen molar-refractivity contribution in [3.63, 3.8) is 0 Å². The standard InChI is InChI=1S/C15H21ClN2O/c1-3-18(10-12-5-4-6-14(16)7-12)15(19)11(2)13-8-17-9-13/h4-7,11,13,17H,3,8-10H2,1-2H3. The molecule has 2 rings (SSSR count). The summed E-state index contributed by atoms with van der Waals surface area (Å²) in [6.45, 7) is 7.35. The average molecular weight is 281 g/mol. The van der Waals surface area contributed by atoms with Crippen molar-refractivity contribution < 1.29 is 4.79 Å². The number of rotatable bonds is 5. The quantitative estimate of drug-likeness (QED) is 0.899. The predicted molar refractivity (Wildman–Crippen MR) is 78.1 cm³/mol. The van der Waals surface area contributed by atoms with E-state index in [-0.39, 0.29) is 11.8 Å². The van der Waals surface area contributed by atoms with Gasteiger partial charge in [-0.1, -0.05) is 30.7 Å². The van der Waals surface area contributed by atoms with Crippen molar-refractivity contribution >= 4 is 17.5 Å². The van der Waals surface area contributed by atoms with Gasteiger partial charge >= 0.3 is 0 Å². The molecule has 1 N–H and O–H groups in total. The highest BCUT2D eigenvalue weighted by Gasteiger charge is 2.31. The molecule has 19 heavy (non-hydrogen) atoms. The Hall–Kier alpha value is -1.06. The lowest BCUT2D eigenvalue weighted by molar-refractivity contribution is -0.137. The first-order valence-corrected chi connectivity index (χ1v) is 7.23. The number of carbonyl (C=O) groups is 1. The number of amides is 1. The number of carbonyl (C=O) groups excluding carboxylic acids is 1. The molecule has 1 saturated heterocycles. The summed E-state index contributed by atoms with van der Waals surface area (Å²) in [6, 6.07) is 7.71. The lowest BCUT2D eigenvalue weighted by atomic mass is 9.88. The summed E-state index contributed by atoms with van der Waals surface area (Å²) in [5, 5.41) is 3.94. The number of hydrogen-bond donors (Lipinski definition) is 1. The zero-order valence-electron chi connectivity index (χ0n) is 11.5. The van der Waals surface area contributed by atoms with Gasteiger partial charge < -0.3 is 10.2 Å². The van der Waals surface area contributed by atoms with E-state index >= 15 is 0 Å². The van der Waals surface area contributed by atoms with E-state index < -0.39 is 0 Å². The molecule has 4 heteroatoms. The average Bonchev–Trinajstić information content (AvgIpc) is 2.33. The van der Waals surface area contributed by atoms with Gasteiger partial charge in [-0.2, -0.15) is 0 Å². The van der Waals surface area contributed by atoms with E-state index in [0.717, 1.165) is 30.2 Å². The normalized spacial score (nSPS) is 16.8. The molecular formula is C15H21ClN2O. The Labute approximate surface area is 119 Å². The number of nitrogens with one attached hydrogen (secondary N) is 1. The Morgan fingerprint density at radius 1 is 1.53 bits per heavy atom. The van der Waals surface area contributed by atoms with Gasteiger partial charge in [-0.05, 0) is 43.6 Å². The van der Waals surface area contributed by atoms with Gasteiger partial charge in [-0.25, -0.2) is 0 Å². The first-order chi connectivity index (χ1) is 9.11. The molecule has 0 spiro atoms. The minimum atomic E-state index is 0.0976. The van der Waals surface area contributed by atoms with Crippen LogP contribution < -0.4 is 5.32 Å². The van der Waals surface area contributed by atoms with Crippen molar-refractivity contribution in [1.29, 1.82) is 0 Å². The third kappa shape index (κ3) is 3.48. The van der Waals surface area contributed by atoms with Gasteiger partial charge in [0.2, 0.25) is 5.91 Å². The van der Waals surface area contributed by atoms with Crippen molar-refractivity contribution in [1.82, 2.24) is 10.2 Å². The second-order valence-electron chi connectivity index (χ2n) is 5.19. The maximum absolute atomic E-state index is 12.5. The summed E-state index contributed by atoms with van der Waals surface area (Å²) in [6.07, 6.45) is 0. The SMILES string of the molecule is CCN(Cc1cccc(Cl)c1)C(=O)C(C)C1CNC1. The minimum Gasteiger partial charge on any atom is -0.338 e. The Morgan fingerprint density at radius 2 is 2.26 bits per heavy atom. The van der Waals surface area contributed by atoms with Crippen molar-refractivity contribution in [3.05, 3.63) is 34.9 Å². The van der Waals surface area contributed by atoms with E-state index in [2.05, 4.69) is 5.32 Å². The van der Waals surface area contributed by atoms with E-state index in [1.807, 2.05) is 43.0 Å². The highest BCUT2D eigenvalue weighted by molar-refractivity contribution is 6.30. The van der Waals surface area contributed by atoms with Gasteiger partial charge in [0.1, 0.15) is 0 Å². The van der Waals surface area contributed by atoms with Crippen LogP contribution in [0.5, 0.6) is 0 Å². The Balaban J connectivity index is 2.00. The topological polar surface area (TPSA) is 32.3 Å². The monoisotopic (exact) mass is 280 g/mol. The van der Waals surface area contributed by atoms with Crippen LogP contribution in [0.2, 0.25) is 5.02 Å². The molecule has 1 atom stereocenters. The molecule has 104 valence electrons. The summed E-state index contributed by atoms with van der Waals surface area (Å²) >= 11 is 5.98. The fourth-order valence-corrected chi connectivity index (χ4v) is 2.57. The van der Waals surface area contributed by atoms with Gasteiger partial charge in [-0.3, -0.25) is 4.79 Å². The lowest BCUT2D eigenvalue weighted by Crippen LogP contribution is -2.50. The first-order valence-electron chi connectivity index (χ1n) is 6.85. The van der Waals surface area contributed by atoms with Crippen molar-refractivity contribution in [2.45, 2.75) is 20.4 Å². The van der Waals surface area contributed by atoms with Crippen LogP contribution in [0.1, 0.15) is 19.4 Å². The van der Waals surface area contributed by atoms with Gasteiger partial charge in [0.15, 0.2) is 0 Å². The fraction of sp³-hybridized carbons (Fsp3) is 0.533. The molecule has 0 saturated carbocycles. The second kappa shape index (κ2) is 6.40. The molecule has 1 aliphatic heterocycles. The molecule has 0 aromatic heterocycles. The smallest absolute Gasteiger partial charge is 0.226 e. The summed E-state index contributed by atoms with van der Waals surface area (Å²) in [7, 11) is 0. The lowest BCUT2D eigenvalue weighted by Gasteiger charge is -2.34. The second-order valence-corrected chi connectivity index (χ2v) is 5.63. The number of nitrogens with zero attached hydrogens (tertiary/aromatic N) is 1. The fourth-order valence-electron chi connectivity index (χ4n) is 2.36. The van der Waals surface area contributed by atoms with E-state index in [9.17, 15) is 4.79 Å². The Kier molecular flexibility index (Phi) is 4.83. The third-order valence-electron chi connectivity index (χ3n) is 3.87. The molecular weight excluding hydrogens is 260 g/mol. The van der Waals surface area contributed by atoms with Crippen LogP contribution in [0.25, 0.3) is 0 Å². The molecule has 1 aliphatic rings. The zero-order valence-corrected chi connectivity index (χ0v) is 12.3. The van der Waals surface area contributed by atoms with Gasteiger partial charge in [0, 0.05) is 24.0 Å². The molecule has 1 fully saturated rings. The molecule has 1 aromatic carbocycles. The first kappa shape index (κ1) is 14.4. The summed E-state index contributed by atoms with van der Waals surface area (Å²) in [5.74, 6) is 0.829. The van der Waals surface area contributed by atoms with Crippen LogP contribution >= 0.6 is 11.6 Å². The van der Waals surface area contributed by atoms with Crippen molar-refractivity contribution in [2.24, 2.45) is 11.8 Å². The Morgan fingerprint density at radius 3 is 2.79 bits per heavy atom. The largest absolute Gasteiger partial charge is 0.338 e. The highest BCUT2D eigenvalue weighted by atomic mass is 35.5. The molecule has 0 aliphatic carbocycles. The summed E-state index contributed by atoms with van der Waals surface area (Å²) < 4.78 is 0. The number of hydrogen-bond acceptors (Lipinski definition) is 2. The van der Waals surface area contributed by atoms with Crippen molar-refractivity contribution in [3.8, 4) is 0 Å². The van der Waals surface area contributed by atoms with Gasteiger partial charge in [0.25, 0.3) is 0 Å². The van der Waals surface area contributed by atoms with Crippen molar-refractivity contribution in [2.75, 3.05) is 19.6 Å². The summed E-state index contributed by atoms with van der Waals surface area (Å²) in [5.41, 5.74) is 1.08. The van der Waals surface area contributed by atoms with Crippen LogP contribution in [0.3, 0.4) is 0 Å². The zero-order chi connectivity index (χ0) is 13.8. The molecule has 1 amide bonds. The maximum Gasteiger partial charge on any atom is 0.226 e. The maximum atomic E-state index is 12.5. The van der Waals surface area contributed by atoms with Crippen LogP contribution in [0.4, 0.5) is 0 Å². The molecule has 3 nitrogen and oxygen atoms in total. The van der Waals surface area contributed by atoms with Gasteiger partial charge in [-0.15, -0.1) is 0 Å². The molecule has 1 unspecified atom stereocenters. The predicted octanol–water partition coefficient (Wildman–Crippen LogP) is 2.54. The van der Waals surface area contributed by atoms with E-state index in [1.54, 1.807) is 0 Å². The van der Waals surface area contributed by atoms with Crippen LogP contribution in [-0.4, -0.2) is 30.4 Å². The third-order valence-corrected chi connectivity index (χ3v) is 4.10. The molecule has 1 aromatic rings. The van der Waals surface area contributed by atoms with E-state index in [4.69, 9.17) is 11.6 Å². The summed E-state index contributed by atoms with van der Waals surface area (Å²) in [4.78, 5) is 14.4. The highest BCUT2D eigenvalue weighted by Crippen LogP contribution is 2.20. The number of benzene rings is 1. The molecule has 1 heterocycles. The van der Waals surface area contributed by atoms with Gasteiger partial charge in [0.05, 0.1) is 0 Å². The number of halogens is 1. The van der Waals surface area contributed by atoms with E-state index in [0.29, 0.717) is 12.5 Å². The Bertz CT molecular complexity index is 446. The van der Waals surface area contributed by atoms with E-state index in [1.165, 1.54) is 0 Å². The van der Waals surface area contributed by atoms with Crippen LogP contribution in [0.15, 0.2) is 24.3 Å². The van der Waals surface area contributed by atoms with Crippen LogP contribution in [0, 0.1) is 11.8 Å². The molecule has 0 bridgehead atoms. The minimum absolute atomic E-state index is 0.0976. The van der Waals surface area contributed by atoms with Crippen LogP contribution in [-0.2, 0) is 11.3 Å².